The number of morpholine rings is 1. The van der Waals surface area contributed by atoms with Gasteiger partial charge in [0.25, 0.3) is 0 Å². The van der Waals surface area contributed by atoms with Gasteiger partial charge in [-0.1, -0.05) is 13.0 Å². The van der Waals surface area contributed by atoms with Gasteiger partial charge < -0.3 is 19.5 Å². The van der Waals surface area contributed by atoms with Crippen molar-refractivity contribution in [3.8, 4) is 23.0 Å². The molecule has 0 spiro atoms. The van der Waals surface area contributed by atoms with Crippen LogP contribution in [0.2, 0.25) is 0 Å². The Balaban J connectivity index is 1.57. The first-order valence-corrected chi connectivity index (χ1v) is 12.2. The maximum absolute atomic E-state index is 16.2. The summed E-state index contributed by atoms with van der Waals surface area (Å²) in [5, 5.41) is 12.0. The SMILES string of the molecule is CCc1c(F)ccc2cc(O)cc(-c3ncc4c(N5CC6CCCC(C5)O6)nc(OC)nc4c3F)c12. The third-order valence-electron chi connectivity index (χ3n) is 7.17. The van der Waals surface area contributed by atoms with Gasteiger partial charge in [0, 0.05) is 24.8 Å². The fourth-order valence-corrected chi connectivity index (χ4v) is 5.56. The average molecular weight is 493 g/mol. The number of halogens is 2. The predicted molar refractivity (Wildman–Crippen MR) is 133 cm³/mol. The highest BCUT2D eigenvalue weighted by atomic mass is 19.1. The summed E-state index contributed by atoms with van der Waals surface area (Å²) in [4.78, 5) is 15.5. The third kappa shape index (κ3) is 3.69. The summed E-state index contributed by atoms with van der Waals surface area (Å²) < 4.78 is 42.3. The number of anilines is 1. The number of fused-ring (bicyclic) bond motifs is 4. The summed E-state index contributed by atoms with van der Waals surface area (Å²) in [6.07, 6.45) is 5.24. The highest BCUT2D eigenvalue weighted by Gasteiger charge is 2.33. The Morgan fingerprint density at radius 2 is 1.92 bits per heavy atom. The van der Waals surface area contributed by atoms with Crippen molar-refractivity contribution in [3.05, 3.63) is 47.7 Å². The molecule has 0 saturated carbocycles. The van der Waals surface area contributed by atoms with E-state index >= 15 is 4.39 Å². The van der Waals surface area contributed by atoms with Gasteiger partial charge in [0.15, 0.2) is 5.82 Å². The van der Waals surface area contributed by atoms with Gasteiger partial charge in [-0.05, 0) is 60.2 Å². The number of rotatable bonds is 4. The molecule has 0 amide bonds. The summed E-state index contributed by atoms with van der Waals surface area (Å²) in [6.45, 7) is 3.12. The van der Waals surface area contributed by atoms with Crippen molar-refractivity contribution in [1.29, 1.82) is 0 Å². The molecule has 1 N–H and O–H groups in total. The zero-order valence-electron chi connectivity index (χ0n) is 20.1. The Hall–Kier alpha value is -3.59. The molecule has 4 aromatic rings. The van der Waals surface area contributed by atoms with Crippen LogP contribution in [0.25, 0.3) is 32.9 Å². The molecule has 0 radical (unpaired) electrons. The summed E-state index contributed by atoms with van der Waals surface area (Å²) in [5.74, 6) is -0.576. The minimum Gasteiger partial charge on any atom is -0.508 e. The van der Waals surface area contributed by atoms with E-state index < -0.39 is 5.82 Å². The highest BCUT2D eigenvalue weighted by Crippen LogP contribution is 2.39. The molecular weight excluding hydrogens is 466 g/mol. The largest absolute Gasteiger partial charge is 0.508 e. The number of pyridine rings is 1. The number of benzene rings is 2. The number of phenolic OH excluding ortho intramolecular Hbond substituents is 1. The molecule has 7 nitrogen and oxygen atoms in total. The zero-order valence-corrected chi connectivity index (χ0v) is 20.1. The molecular formula is C27H26F2N4O3. The van der Waals surface area contributed by atoms with Gasteiger partial charge in [0.2, 0.25) is 0 Å². The lowest BCUT2D eigenvalue weighted by Gasteiger charge is -2.42. The maximum atomic E-state index is 16.2. The van der Waals surface area contributed by atoms with Crippen LogP contribution < -0.4 is 9.64 Å². The summed E-state index contributed by atoms with van der Waals surface area (Å²) in [6, 6.07) is 5.93. The van der Waals surface area contributed by atoms with E-state index in [9.17, 15) is 9.50 Å². The van der Waals surface area contributed by atoms with E-state index in [1.54, 1.807) is 12.3 Å². The Bertz CT molecular complexity index is 1480. The second-order valence-corrected chi connectivity index (χ2v) is 9.40. The van der Waals surface area contributed by atoms with E-state index in [0.717, 1.165) is 19.3 Å². The van der Waals surface area contributed by atoms with Crippen LogP contribution >= 0.6 is 0 Å². The second-order valence-electron chi connectivity index (χ2n) is 9.40. The van der Waals surface area contributed by atoms with Crippen LogP contribution in [0.15, 0.2) is 30.5 Å². The van der Waals surface area contributed by atoms with Crippen LogP contribution in [0, 0.1) is 11.6 Å². The fourth-order valence-electron chi connectivity index (χ4n) is 5.56. The van der Waals surface area contributed by atoms with E-state index in [4.69, 9.17) is 9.47 Å². The Morgan fingerprint density at radius 1 is 1.14 bits per heavy atom. The Labute approximate surface area is 206 Å². The van der Waals surface area contributed by atoms with Crippen molar-refractivity contribution in [2.45, 2.75) is 44.8 Å². The van der Waals surface area contributed by atoms with Crippen molar-refractivity contribution in [2.75, 3.05) is 25.1 Å². The van der Waals surface area contributed by atoms with Gasteiger partial charge in [-0.2, -0.15) is 9.97 Å². The topological polar surface area (TPSA) is 80.6 Å². The minimum atomic E-state index is -0.680. The van der Waals surface area contributed by atoms with Gasteiger partial charge in [0.1, 0.15) is 28.6 Å². The summed E-state index contributed by atoms with van der Waals surface area (Å²) in [5.41, 5.74) is 0.782. The first kappa shape index (κ1) is 22.8. The minimum absolute atomic E-state index is 0.0192. The van der Waals surface area contributed by atoms with Crippen LogP contribution in [-0.4, -0.2) is 52.5 Å². The first-order valence-electron chi connectivity index (χ1n) is 12.2. The van der Waals surface area contributed by atoms with Gasteiger partial charge in [-0.15, -0.1) is 0 Å². The van der Waals surface area contributed by atoms with E-state index in [-0.39, 0.29) is 41.0 Å². The van der Waals surface area contributed by atoms with E-state index in [2.05, 4.69) is 19.9 Å². The first-order chi connectivity index (χ1) is 17.5. The standard InChI is InChI=1S/C27H26F2N4O3/c1-3-18-21(28)8-7-14-9-15(34)10-19(22(14)18)24-23(29)25-20(11-30-24)26(32-27(31-25)35-2)33-12-16-5-4-6-17(13-33)36-16/h7-11,16-17,34H,3-6,12-13H2,1-2H3. The number of ether oxygens (including phenoxy) is 2. The van der Waals surface area contributed by atoms with Crippen molar-refractivity contribution < 1.29 is 23.4 Å². The number of phenols is 1. The molecule has 2 atom stereocenters. The Morgan fingerprint density at radius 3 is 2.64 bits per heavy atom. The zero-order chi connectivity index (χ0) is 25.0. The van der Waals surface area contributed by atoms with Gasteiger partial charge in [-0.3, -0.25) is 4.98 Å². The quantitative estimate of drug-likeness (QED) is 0.422. The molecule has 4 heterocycles. The fraction of sp³-hybridized carbons (Fsp3) is 0.370. The monoisotopic (exact) mass is 492 g/mol. The number of methoxy groups -OCH3 is 1. The number of aromatic hydroxyl groups is 1. The van der Waals surface area contributed by atoms with Crippen LogP contribution in [-0.2, 0) is 11.2 Å². The molecule has 2 aliphatic rings. The smallest absolute Gasteiger partial charge is 0.318 e. The lowest BCUT2D eigenvalue weighted by atomic mass is 9.94. The molecule has 0 aliphatic carbocycles. The van der Waals surface area contributed by atoms with Gasteiger partial charge >= 0.3 is 6.01 Å². The second kappa shape index (κ2) is 8.81. The molecule has 2 fully saturated rings. The predicted octanol–water partition coefficient (Wildman–Crippen LogP) is 5.16. The summed E-state index contributed by atoms with van der Waals surface area (Å²) in [7, 11) is 1.44. The molecule has 2 bridgehead atoms. The van der Waals surface area contributed by atoms with Crippen molar-refractivity contribution >= 4 is 27.5 Å². The van der Waals surface area contributed by atoms with Crippen molar-refractivity contribution in [1.82, 2.24) is 15.0 Å². The number of nitrogens with zero attached hydrogens (tertiary/aromatic N) is 4. The van der Waals surface area contributed by atoms with Gasteiger partial charge in [0.05, 0.1) is 24.7 Å². The molecule has 2 aromatic carbocycles. The molecule has 36 heavy (non-hydrogen) atoms. The lowest BCUT2D eigenvalue weighted by Crippen LogP contribution is -2.50. The molecule has 2 aliphatic heterocycles. The van der Waals surface area contributed by atoms with Crippen LogP contribution in [0.3, 0.4) is 0 Å². The highest BCUT2D eigenvalue weighted by molar-refractivity contribution is 6.01. The molecule has 2 aromatic heterocycles. The van der Waals surface area contributed by atoms with E-state index in [1.807, 2.05) is 6.92 Å². The van der Waals surface area contributed by atoms with Crippen molar-refractivity contribution in [2.24, 2.45) is 0 Å². The average Bonchev–Trinajstić information content (AvgIpc) is 2.88. The van der Waals surface area contributed by atoms with E-state index in [1.165, 1.54) is 25.3 Å². The van der Waals surface area contributed by atoms with E-state index in [0.29, 0.717) is 52.6 Å². The van der Waals surface area contributed by atoms with Crippen LogP contribution in [0.5, 0.6) is 11.8 Å². The third-order valence-corrected chi connectivity index (χ3v) is 7.17. The molecule has 2 unspecified atom stereocenters. The number of aromatic nitrogens is 3. The number of aryl methyl sites for hydroxylation is 1. The van der Waals surface area contributed by atoms with Crippen molar-refractivity contribution in [3.63, 3.8) is 0 Å². The summed E-state index contributed by atoms with van der Waals surface area (Å²) >= 11 is 0. The van der Waals surface area contributed by atoms with Crippen LogP contribution in [0.1, 0.15) is 31.7 Å². The lowest BCUT2D eigenvalue weighted by molar-refractivity contribution is -0.0606. The molecule has 186 valence electrons. The molecule has 6 rings (SSSR count). The molecule has 2 saturated heterocycles. The number of hydrogen-bond acceptors (Lipinski definition) is 7. The van der Waals surface area contributed by atoms with Crippen LogP contribution in [0.4, 0.5) is 14.6 Å². The number of hydrogen-bond donors (Lipinski definition) is 1. The Kier molecular flexibility index (Phi) is 5.59. The molecule has 9 heteroatoms. The van der Waals surface area contributed by atoms with Gasteiger partial charge in [-0.25, -0.2) is 8.78 Å². The maximum Gasteiger partial charge on any atom is 0.318 e. The normalized spacial score (nSPS) is 19.7.